The van der Waals surface area contributed by atoms with Crippen LogP contribution in [0.1, 0.15) is 50.9 Å². The fraction of sp³-hybridized carbons (Fsp3) is 0.533. The third-order valence-corrected chi connectivity index (χ3v) is 3.44. The molecule has 0 fully saturated rings. The summed E-state index contributed by atoms with van der Waals surface area (Å²) in [5.41, 5.74) is -1.03. The summed E-state index contributed by atoms with van der Waals surface area (Å²) in [7, 11) is 0. The molecule has 6 heteroatoms. The highest BCUT2D eigenvalue weighted by molar-refractivity contribution is 5.95. The molecule has 0 aliphatic heterocycles. The van der Waals surface area contributed by atoms with E-state index in [1.54, 1.807) is 13.8 Å². The van der Waals surface area contributed by atoms with Gasteiger partial charge in [-0.15, -0.1) is 0 Å². The van der Waals surface area contributed by atoms with Crippen molar-refractivity contribution in [3.8, 4) is 0 Å². The van der Waals surface area contributed by atoms with Crippen LogP contribution in [0.25, 0.3) is 0 Å². The highest BCUT2D eigenvalue weighted by Gasteiger charge is 2.33. The highest BCUT2D eigenvalue weighted by atomic mass is 16.6. The quantitative estimate of drug-likeness (QED) is 0.496. The Hall–Kier alpha value is -1.95. The average Bonchev–Trinajstić information content (AvgIpc) is 2.42. The van der Waals surface area contributed by atoms with E-state index in [2.05, 4.69) is 0 Å². The SMILES string of the molecule is CCC(CC)N(C(=O)c1ccc([N+](=O)[O-])cc1)C(C)(C)O. The maximum atomic E-state index is 12.6. The van der Waals surface area contributed by atoms with Crippen molar-refractivity contribution in [2.45, 2.75) is 52.3 Å². The number of aliphatic hydroxyl groups is 1. The molecule has 1 rings (SSSR count). The third kappa shape index (κ3) is 4.01. The van der Waals surface area contributed by atoms with Crippen LogP contribution in [-0.2, 0) is 0 Å². The molecule has 0 saturated carbocycles. The molecule has 0 bridgehead atoms. The Morgan fingerprint density at radius 2 is 1.76 bits per heavy atom. The van der Waals surface area contributed by atoms with E-state index in [4.69, 9.17) is 0 Å². The molecule has 0 heterocycles. The molecular formula is C15H22N2O4. The van der Waals surface area contributed by atoms with Gasteiger partial charge in [-0.25, -0.2) is 0 Å². The Kier molecular flexibility index (Phi) is 5.43. The van der Waals surface area contributed by atoms with Crippen LogP contribution in [0.3, 0.4) is 0 Å². The summed E-state index contributed by atoms with van der Waals surface area (Å²) in [6.07, 6.45) is 1.44. The summed E-state index contributed by atoms with van der Waals surface area (Å²) in [6, 6.07) is 5.34. The van der Waals surface area contributed by atoms with Crippen LogP contribution in [0.5, 0.6) is 0 Å². The monoisotopic (exact) mass is 294 g/mol. The molecule has 1 aromatic rings. The number of hydrogen-bond acceptors (Lipinski definition) is 4. The summed E-state index contributed by atoms with van der Waals surface area (Å²) < 4.78 is 0. The number of benzene rings is 1. The minimum absolute atomic E-state index is 0.0658. The lowest BCUT2D eigenvalue weighted by molar-refractivity contribution is -0.384. The minimum atomic E-state index is -1.30. The van der Waals surface area contributed by atoms with Gasteiger partial charge in [0.25, 0.3) is 11.6 Å². The topological polar surface area (TPSA) is 83.7 Å². The second-order valence-corrected chi connectivity index (χ2v) is 5.44. The molecule has 0 spiro atoms. The lowest BCUT2D eigenvalue weighted by atomic mass is 10.0. The summed E-state index contributed by atoms with van der Waals surface area (Å²) in [5.74, 6) is -0.328. The van der Waals surface area contributed by atoms with Crippen LogP contribution < -0.4 is 0 Å². The van der Waals surface area contributed by atoms with Crippen molar-refractivity contribution in [2.24, 2.45) is 0 Å². The Bertz CT molecular complexity index is 501. The van der Waals surface area contributed by atoms with Crippen molar-refractivity contribution in [3.63, 3.8) is 0 Å². The van der Waals surface area contributed by atoms with Crippen molar-refractivity contribution < 1.29 is 14.8 Å². The smallest absolute Gasteiger partial charge is 0.269 e. The average molecular weight is 294 g/mol. The van der Waals surface area contributed by atoms with Gasteiger partial charge in [-0.1, -0.05) is 13.8 Å². The molecule has 1 amide bonds. The fourth-order valence-corrected chi connectivity index (χ4v) is 2.38. The Labute approximate surface area is 124 Å². The maximum absolute atomic E-state index is 12.6. The molecule has 6 nitrogen and oxygen atoms in total. The first-order valence-corrected chi connectivity index (χ1v) is 7.02. The van der Waals surface area contributed by atoms with Crippen molar-refractivity contribution in [2.75, 3.05) is 0 Å². The van der Waals surface area contributed by atoms with Gasteiger partial charge in [0.2, 0.25) is 0 Å². The van der Waals surface area contributed by atoms with Crippen LogP contribution in [0.4, 0.5) is 5.69 Å². The van der Waals surface area contributed by atoms with E-state index in [1.165, 1.54) is 29.2 Å². The van der Waals surface area contributed by atoms with Crippen LogP contribution >= 0.6 is 0 Å². The van der Waals surface area contributed by atoms with Gasteiger partial charge >= 0.3 is 0 Å². The molecule has 0 radical (unpaired) electrons. The first-order chi connectivity index (χ1) is 9.72. The van der Waals surface area contributed by atoms with E-state index in [1.807, 2.05) is 13.8 Å². The number of carbonyl (C=O) groups is 1. The molecular weight excluding hydrogens is 272 g/mol. The van der Waals surface area contributed by atoms with Gasteiger partial charge in [-0.3, -0.25) is 14.9 Å². The molecule has 0 aromatic heterocycles. The Morgan fingerprint density at radius 3 is 2.10 bits per heavy atom. The number of nitrogens with zero attached hydrogens (tertiary/aromatic N) is 2. The van der Waals surface area contributed by atoms with Gasteiger partial charge in [0.05, 0.1) is 4.92 Å². The van der Waals surface area contributed by atoms with E-state index in [-0.39, 0.29) is 17.6 Å². The zero-order valence-electron chi connectivity index (χ0n) is 12.9. The Morgan fingerprint density at radius 1 is 1.29 bits per heavy atom. The normalized spacial score (nSPS) is 11.5. The molecule has 0 unspecified atom stereocenters. The lowest BCUT2D eigenvalue weighted by Gasteiger charge is -2.40. The zero-order valence-corrected chi connectivity index (χ0v) is 12.9. The first kappa shape index (κ1) is 17.1. The van der Waals surface area contributed by atoms with Gasteiger partial charge in [0.15, 0.2) is 0 Å². The van der Waals surface area contributed by atoms with E-state index < -0.39 is 10.6 Å². The van der Waals surface area contributed by atoms with Crippen LogP contribution in [0, 0.1) is 10.1 Å². The van der Waals surface area contributed by atoms with Gasteiger partial charge in [0.1, 0.15) is 5.72 Å². The number of hydrogen-bond donors (Lipinski definition) is 1. The molecule has 1 N–H and O–H groups in total. The van der Waals surface area contributed by atoms with Gasteiger partial charge in [-0.2, -0.15) is 0 Å². The van der Waals surface area contributed by atoms with Crippen LogP contribution in [-0.4, -0.2) is 32.6 Å². The molecule has 1 aromatic carbocycles. The van der Waals surface area contributed by atoms with Crippen LogP contribution in [0.15, 0.2) is 24.3 Å². The maximum Gasteiger partial charge on any atom is 0.269 e. The second kappa shape index (κ2) is 6.67. The number of non-ortho nitro benzene ring substituents is 1. The predicted molar refractivity (Wildman–Crippen MR) is 79.9 cm³/mol. The van der Waals surface area contributed by atoms with Crippen molar-refractivity contribution in [3.05, 3.63) is 39.9 Å². The fourth-order valence-electron chi connectivity index (χ4n) is 2.38. The number of carbonyl (C=O) groups excluding carboxylic acids is 1. The van der Waals surface area contributed by atoms with Crippen molar-refractivity contribution in [1.29, 1.82) is 0 Å². The Balaban J connectivity index is 3.13. The molecule has 0 saturated heterocycles. The number of rotatable bonds is 6. The lowest BCUT2D eigenvalue weighted by Crippen LogP contribution is -2.53. The largest absolute Gasteiger partial charge is 0.371 e. The van der Waals surface area contributed by atoms with E-state index in [9.17, 15) is 20.0 Å². The standard InChI is InChI=1S/C15H22N2O4/c1-5-12(6-2)16(15(3,4)19)14(18)11-7-9-13(10-8-11)17(20)21/h7-10,12,19H,5-6H2,1-4H3. The highest BCUT2D eigenvalue weighted by Crippen LogP contribution is 2.23. The zero-order chi connectivity index (χ0) is 16.2. The van der Waals surface area contributed by atoms with Gasteiger partial charge < -0.3 is 10.0 Å². The van der Waals surface area contributed by atoms with Gasteiger partial charge in [0, 0.05) is 23.7 Å². The third-order valence-electron chi connectivity index (χ3n) is 3.44. The first-order valence-electron chi connectivity index (χ1n) is 7.02. The number of amides is 1. The molecule has 0 aliphatic carbocycles. The molecule has 0 atom stereocenters. The van der Waals surface area contributed by atoms with Gasteiger partial charge in [-0.05, 0) is 38.8 Å². The summed E-state index contributed by atoms with van der Waals surface area (Å²) in [4.78, 5) is 24.2. The second-order valence-electron chi connectivity index (χ2n) is 5.44. The molecule has 21 heavy (non-hydrogen) atoms. The van der Waals surface area contributed by atoms with E-state index >= 15 is 0 Å². The summed E-state index contributed by atoms with van der Waals surface area (Å²) in [5, 5.41) is 20.9. The number of nitro benzene ring substituents is 1. The summed E-state index contributed by atoms with van der Waals surface area (Å²) in [6.45, 7) is 7.04. The van der Waals surface area contributed by atoms with E-state index in [0.717, 1.165) is 12.8 Å². The molecule has 116 valence electrons. The van der Waals surface area contributed by atoms with E-state index in [0.29, 0.717) is 5.56 Å². The summed E-state index contributed by atoms with van der Waals surface area (Å²) >= 11 is 0. The van der Waals surface area contributed by atoms with Crippen molar-refractivity contribution in [1.82, 2.24) is 4.90 Å². The predicted octanol–water partition coefficient (Wildman–Crippen LogP) is 2.95. The van der Waals surface area contributed by atoms with Crippen molar-refractivity contribution >= 4 is 11.6 Å². The molecule has 0 aliphatic rings. The van der Waals surface area contributed by atoms with Crippen LogP contribution in [0.2, 0.25) is 0 Å². The number of nitro groups is 1. The minimum Gasteiger partial charge on any atom is -0.371 e.